The summed E-state index contributed by atoms with van der Waals surface area (Å²) in [6, 6.07) is 33.5. The normalized spacial score (nSPS) is 11.3. The fourth-order valence-electron chi connectivity index (χ4n) is 3.90. The third kappa shape index (κ3) is 4.45. The van der Waals surface area contributed by atoms with Gasteiger partial charge in [-0.25, -0.2) is 0 Å². The van der Waals surface area contributed by atoms with E-state index in [1.54, 1.807) is 0 Å². The SMILES string of the molecule is O=[N+]([O-])c1ccc(N/N=C/[Si](c2ccccc2)(c2ccccc2)c2ccccc2)c([N+](=O)[O-])c1. The van der Waals surface area contributed by atoms with E-state index in [0.717, 1.165) is 21.6 Å². The fourth-order valence-corrected chi connectivity index (χ4v) is 7.76. The molecular weight excluding hydrogens is 448 g/mol. The summed E-state index contributed by atoms with van der Waals surface area (Å²) >= 11 is 0. The number of hydrogen-bond donors (Lipinski definition) is 1. The van der Waals surface area contributed by atoms with Crippen molar-refractivity contribution in [3.63, 3.8) is 0 Å². The molecule has 0 unspecified atom stereocenters. The van der Waals surface area contributed by atoms with Crippen LogP contribution >= 0.6 is 0 Å². The Balaban J connectivity index is 1.85. The summed E-state index contributed by atoms with van der Waals surface area (Å²) < 4.78 is 0. The highest BCUT2D eigenvalue weighted by Gasteiger charge is 2.38. The van der Waals surface area contributed by atoms with Gasteiger partial charge in [0.1, 0.15) is 5.69 Å². The topological polar surface area (TPSA) is 111 Å². The largest absolute Gasteiger partial charge is 0.301 e. The molecule has 0 aromatic heterocycles. The van der Waals surface area contributed by atoms with Gasteiger partial charge in [0.05, 0.1) is 15.9 Å². The first-order valence-corrected chi connectivity index (χ1v) is 12.5. The van der Waals surface area contributed by atoms with Crippen LogP contribution in [0.2, 0.25) is 0 Å². The first-order valence-electron chi connectivity index (χ1n) is 10.4. The summed E-state index contributed by atoms with van der Waals surface area (Å²) in [4.78, 5) is 21.2. The van der Waals surface area contributed by atoms with Gasteiger partial charge in [0.15, 0.2) is 8.07 Å². The lowest BCUT2D eigenvalue weighted by Gasteiger charge is -2.29. The zero-order valence-electron chi connectivity index (χ0n) is 17.9. The molecule has 1 N–H and O–H groups in total. The van der Waals surface area contributed by atoms with Crippen LogP contribution in [0.25, 0.3) is 0 Å². The van der Waals surface area contributed by atoms with Crippen molar-refractivity contribution in [2.24, 2.45) is 5.10 Å². The molecule has 4 aromatic carbocycles. The standard InChI is InChI=1S/C25H20N4O4Si/c30-28(31)20-16-17-24(25(18-20)29(32)33)27-26-19-34(21-10-4-1-5-11-21,22-12-6-2-7-13-22)23-14-8-3-9-15-23/h1-19,27H/b26-19+. The number of nitrogens with one attached hydrogen (secondary N) is 1. The minimum atomic E-state index is -2.78. The van der Waals surface area contributed by atoms with Crippen LogP contribution in [-0.4, -0.2) is 23.8 Å². The Bertz CT molecular complexity index is 1240. The molecular formula is C25H20N4O4Si. The molecule has 34 heavy (non-hydrogen) atoms. The molecule has 168 valence electrons. The Labute approximate surface area is 196 Å². The predicted molar refractivity (Wildman–Crippen MR) is 136 cm³/mol. The summed E-state index contributed by atoms with van der Waals surface area (Å²) in [5.41, 5.74) is 2.06. The number of hydrazone groups is 1. The molecule has 0 heterocycles. The lowest BCUT2D eigenvalue weighted by Crippen LogP contribution is -2.69. The molecule has 0 aliphatic heterocycles. The van der Waals surface area contributed by atoms with Crippen molar-refractivity contribution in [3.8, 4) is 0 Å². The summed E-state index contributed by atoms with van der Waals surface area (Å²) in [5.74, 6) is 1.85. The minimum Gasteiger partial charge on any atom is -0.272 e. The highest BCUT2D eigenvalue weighted by Crippen LogP contribution is 2.28. The van der Waals surface area contributed by atoms with Gasteiger partial charge >= 0.3 is 5.69 Å². The van der Waals surface area contributed by atoms with Crippen molar-refractivity contribution in [1.29, 1.82) is 0 Å². The van der Waals surface area contributed by atoms with Gasteiger partial charge in [0.2, 0.25) is 0 Å². The van der Waals surface area contributed by atoms with Gasteiger partial charge in [-0.05, 0) is 21.6 Å². The van der Waals surface area contributed by atoms with Gasteiger partial charge in [-0.15, -0.1) is 0 Å². The third-order valence-electron chi connectivity index (χ3n) is 5.52. The number of rotatable bonds is 8. The third-order valence-corrected chi connectivity index (χ3v) is 9.77. The van der Waals surface area contributed by atoms with Gasteiger partial charge in [-0.3, -0.25) is 25.7 Å². The molecule has 0 aliphatic rings. The number of anilines is 1. The first-order chi connectivity index (χ1) is 16.5. The minimum absolute atomic E-state index is 0.0731. The smallest absolute Gasteiger partial charge is 0.272 e. The quantitative estimate of drug-likeness (QED) is 0.140. The van der Waals surface area contributed by atoms with Gasteiger partial charge in [-0.2, -0.15) is 5.10 Å². The van der Waals surface area contributed by atoms with Crippen LogP contribution in [-0.2, 0) is 0 Å². The molecule has 8 nitrogen and oxygen atoms in total. The molecule has 0 saturated heterocycles. The molecule has 0 saturated carbocycles. The van der Waals surface area contributed by atoms with E-state index in [4.69, 9.17) is 0 Å². The fraction of sp³-hybridized carbons (Fsp3) is 0. The molecule has 4 rings (SSSR count). The average molecular weight is 469 g/mol. The van der Waals surface area contributed by atoms with E-state index in [-0.39, 0.29) is 11.4 Å². The van der Waals surface area contributed by atoms with Crippen molar-refractivity contribution in [1.82, 2.24) is 0 Å². The van der Waals surface area contributed by atoms with Gasteiger partial charge in [0.25, 0.3) is 5.69 Å². The summed E-state index contributed by atoms with van der Waals surface area (Å²) in [5, 5.41) is 30.3. The Hall–Kier alpha value is -4.63. The van der Waals surface area contributed by atoms with Crippen LogP contribution in [0.15, 0.2) is 114 Å². The zero-order chi connectivity index (χ0) is 24.0. The second kappa shape index (κ2) is 9.88. The average Bonchev–Trinajstić information content (AvgIpc) is 2.88. The van der Waals surface area contributed by atoms with Crippen LogP contribution in [0, 0.1) is 20.2 Å². The van der Waals surface area contributed by atoms with Gasteiger partial charge in [0, 0.05) is 11.9 Å². The number of hydrogen-bond acceptors (Lipinski definition) is 6. The van der Waals surface area contributed by atoms with E-state index < -0.39 is 23.6 Å². The van der Waals surface area contributed by atoms with E-state index in [1.165, 1.54) is 12.1 Å². The lowest BCUT2D eigenvalue weighted by molar-refractivity contribution is -0.393. The second-order valence-corrected chi connectivity index (χ2v) is 11.1. The van der Waals surface area contributed by atoms with Crippen LogP contribution in [0.5, 0.6) is 0 Å². The number of non-ortho nitro benzene ring substituents is 1. The Morgan fingerprint density at radius 2 is 1.15 bits per heavy atom. The lowest BCUT2D eigenvalue weighted by atomic mass is 10.2. The molecule has 0 bridgehead atoms. The number of nitro groups is 2. The number of nitro benzene ring substituents is 2. The molecule has 0 fully saturated rings. The molecule has 0 amide bonds. The van der Waals surface area contributed by atoms with Crippen molar-refractivity contribution >= 4 is 46.5 Å². The first kappa shape index (κ1) is 22.6. The molecule has 9 heteroatoms. The summed E-state index contributed by atoms with van der Waals surface area (Å²) in [7, 11) is -2.78. The van der Waals surface area contributed by atoms with Crippen LogP contribution < -0.4 is 21.0 Å². The van der Waals surface area contributed by atoms with E-state index in [2.05, 4.69) is 46.9 Å². The van der Waals surface area contributed by atoms with Crippen molar-refractivity contribution in [3.05, 3.63) is 129 Å². The molecule has 0 atom stereocenters. The maximum atomic E-state index is 11.5. The predicted octanol–water partition coefficient (Wildman–Crippen LogP) is 3.61. The van der Waals surface area contributed by atoms with Crippen molar-refractivity contribution in [2.45, 2.75) is 0 Å². The Kier molecular flexibility index (Phi) is 6.56. The van der Waals surface area contributed by atoms with Crippen molar-refractivity contribution < 1.29 is 9.85 Å². The molecule has 0 radical (unpaired) electrons. The van der Waals surface area contributed by atoms with Crippen LogP contribution in [0.3, 0.4) is 0 Å². The van der Waals surface area contributed by atoms with Gasteiger partial charge in [-0.1, -0.05) is 91.0 Å². The molecule has 0 spiro atoms. The Morgan fingerprint density at radius 3 is 1.56 bits per heavy atom. The highest BCUT2D eigenvalue weighted by molar-refractivity contribution is 7.27. The monoisotopic (exact) mass is 468 g/mol. The van der Waals surface area contributed by atoms with E-state index in [1.807, 2.05) is 60.4 Å². The maximum absolute atomic E-state index is 11.5. The zero-order valence-corrected chi connectivity index (χ0v) is 18.9. The molecule has 0 aliphatic carbocycles. The second-order valence-electron chi connectivity index (χ2n) is 7.49. The maximum Gasteiger partial charge on any atom is 0.301 e. The van der Waals surface area contributed by atoms with E-state index in [9.17, 15) is 20.2 Å². The highest BCUT2D eigenvalue weighted by atomic mass is 28.3. The van der Waals surface area contributed by atoms with E-state index >= 15 is 0 Å². The molecule has 4 aromatic rings. The Morgan fingerprint density at radius 1 is 0.676 bits per heavy atom. The number of nitrogens with zero attached hydrogens (tertiary/aromatic N) is 3. The summed E-state index contributed by atoms with van der Waals surface area (Å²) in [6.45, 7) is 0. The van der Waals surface area contributed by atoms with Gasteiger partial charge < -0.3 is 0 Å². The van der Waals surface area contributed by atoms with Crippen LogP contribution in [0.1, 0.15) is 0 Å². The van der Waals surface area contributed by atoms with E-state index in [0.29, 0.717) is 0 Å². The number of benzene rings is 4. The van der Waals surface area contributed by atoms with Crippen molar-refractivity contribution in [2.75, 3.05) is 5.43 Å². The summed E-state index contributed by atoms with van der Waals surface area (Å²) in [6.07, 6.45) is 0. The van der Waals surface area contributed by atoms with Crippen LogP contribution in [0.4, 0.5) is 17.1 Å².